The van der Waals surface area contributed by atoms with E-state index >= 15 is 0 Å². The second-order valence-corrected chi connectivity index (χ2v) is 5.29. The molecule has 2 atom stereocenters. The summed E-state index contributed by atoms with van der Waals surface area (Å²) < 4.78 is 5.62. The van der Waals surface area contributed by atoms with Crippen LogP contribution < -0.4 is 5.32 Å². The van der Waals surface area contributed by atoms with Crippen LogP contribution in [0, 0.1) is 5.92 Å². The van der Waals surface area contributed by atoms with Gasteiger partial charge in [-0.15, -0.1) is 0 Å². The van der Waals surface area contributed by atoms with Gasteiger partial charge in [0.2, 0.25) is 0 Å². The molecular formula is C13H24N2O3. The highest BCUT2D eigenvalue weighted by Crippen LogP contribution is 2.16. The fourth-order valence-electron chi connectivity index (χ4n) is 2.65. The number of rotatable bonds is 4. The molecule has 2 aliphatic heterocycles. The Balaban J connectivity index is 1.60. The van der Waals surface area contributed by atoms with Gasteiger partial charge in [0, 0.05) is 38.8 Å². The fourth-order valence-corrected chi connectivity index (χ4v) is 2.65. The van der Waals surface area contributed by atoms with Crippen molar-refractivity contribution in [3.8, 4) is 0 Å². The first-order chi connectivity index (χ1) is 8.79. The van der Waals surface area contributed by atoms with Crippen LogP contribution in [0.2, 0.25) is 0 Å². The first-order valence-electron chi connectivity index (χ1n) is 7.05. The summed E-state index contributed by atoms with van der Waals surface area (Å²) in [6.45, 7) is 3.17. The van der Waals surface area contributed by atoms with Crippen LogP contribution in [-0.2, 0) is 4.74 Å². The van der Waals surface area contributed by atoms with Crippen LogP contribution in [0.15, 0.2) is 0 Å². The Bertz CT molecular complexity index is 267. The summed E-state index contributed by atoms with van der Waals surface area (Å²) in [5, 5.41) is 12.0. The van der Waals surface area contributed by atoms with Gasteiger partial charge in [-0.05, 0) is 32.1 Å². The lowest BCUT2D eigenvalue weighted by Gasteiger charge is -2.23. The summed E-state index contributed by atoms with van der Waals surface area (Å²) in [7, 11) is 0. The van der Waals surface area contributed by atoms with Crippen molar-refractivity contribution in [3.05, 3.63) is 0 Å². The predicted molar refractivity (Wildman–Crippen MR) is 68.4 cm³/mol. The van der Waals surface area contributed by atoms with Crippen LogP contribution in [-0.4, -0.2) is 55.0 Å². The molecule has 0 bridgehead atoms. The van der Waals surface area contributed by atoms with E-state index in [1.165, 1.54) is 12.8 Å². The third-order valence-corrected chi connectivity index (χ3v) is 3.85. The maximum atomic E-state index is 11.8. The fraction of sp³-hybridized carbons (Fsp3) is 0.923. The maximum absolute atomic E-state index is 11.8. The first kappa shape index (κ1) is 13.6. The van der Waals surface area contributed by atoms with E-state index < -0.39 is 0 Å². The molecule has 104 valence electrons. The van der Waals surface area contributed by atoms with Gasteiger partial charge in [-0.1, -0.05) is 0 Å². The van der Waals surface area contributed by atoms with Crippen molar-refractivity contribution in [1.29, 1.82) is 0 Å². The Morgan fingerprint density at radius 1 is 1.39 bits per heavy atom. The number of urea groups is 1. The van der Waals surface area contributed by atoms with E-state index in [0.29, 0.717) is 19.2 Å². The SMILES string of the molecule is O=C(NCCC1CCCCO1)N1CCC(CO)C1. The molecule has 2 heterocycles. The number of amides is 2. The number of ether oxygens (including phenoxy) is 1. The molecule has 0 aromatic rings. The standard InChI is InChI=1S/C13H24N2O3/c16-10-11-5-7-15(9-11)13(17)14-6-4-12-3-1-2-8-18-12/h11-12,16H,1-10H2,(H,14,17). The molecule has 2 fully saturated rings. The van der Waals surface area contributed by atoms with Crippen LogP contribution in [0.4, 0.5) is 4.79 Å². The average Bonchev–Trinajstić information content (AvgIpc) is 2.89. The van der Waals surface area contributed by atoms with E-state index in [4.69, 9.17) is 9.84 Å². The average molecular weight is 256 g/mol. The Labute approximate surface area is 108 Å². The zero-order valence-corrected chi connectivity index (χ0v) is 10.9. The van der Waals surface area contributed by atoms with E-state index in [1.54, 1.807) is 4.90 Å². The van der Waals surface area contributed by atoms with Gasteiger partial charge in [-0.3, -0.25) is 0 Å². The first-order valence-corrected chi connectivity index (χ1v) is 7.05. The Hall–Kier alpha value is -0.810. The van der Waals surface area contributed by atoms with Crippen molar-refractivity contribution < 1.29 is 14.6 Å². The van der Waals surface area contributed by atoms with E-state index in [1.807, 2.05) is 0 Å². The monoisotopic (exact) mass is 256 g/mol. The summed E-state index contributed by atoms with van der Waals surface area (Å²) in [4.78, 5) is 13.6. The van der Waals surface area contributed by atoms with Gasteiger partial charge in [-0.2, -0.15) is 0 Å². The highest BCUT2D eigenvalue weighted by atomic mass is 16.5. The Kier molecular flexibility index (Phi) is 5.26. The molecule has 2 unspecified atom stereocenters. The number of aliphatic hydroxyl groups is 1. The Morgan fingerprint density at radius 2 is 2.28 bits per heavy atom. The number of nitrogens with zero attached hydrogens (tertiary/aromatic N) is 1. The van der Waals surface area contributed by atoms with E-state index in [9.17, 15) is 4.79 Å². The lowest BCUT2D eigenvalue weighted by Crippen LogP contribution is -2.40. The predicted octanol–water partition coefficient (Wildman–Crippen LogP) is 0.969. The summed E-state index contributed by atoms with van der Waals surface area (Å²) in [5.41, 5.74) is 0. The normalized spacial score (nSPS) is 28.4. The van der Waals surface area contributed by atoms with Crippen LogP contribution in [0.1, 0.15) is 32.1 Å². The minimum absolute atomic E-state index is 0.00163. The summed E-state index contributed by atoms with van der Waals surface area (Å²) in [6.07, 6.45) is 5.66. The second kappa shape index (κ2) is 6.95. The number of carbonyl (C=O) groups is 1. The molecule has 0 spiro atoms. The number of nitrogens with one attached hydrogen (secondary N) is 1. The molecular weight excluding hydrogens is 232 g/mol. The molecule has 18 heavy (non-hydrogen) atoms. The Morgan fingerprint density at radius 3 is 2.94 bits per heavy atom. The molecule has 2 amide bonds. The van der Waals surface area contributed by atoms with Crippen LogP contribution >= 0.6 is 0 Å². The molecule has 0 aromatic heterocycles. The smallest absolute Gasteiger partial charge is 0.317 e. The molecule has 0 radical (unpaired) electrons. The molecule has 5 heteroatoms. The van der Waals surface area contributed by atoms with Gasteiger partial charge in [0.25, 0.3) is 0 Å². The molecule has 0 aliphatic carbocycles. The molecule has 0 saturated carbocycles. The van der Waals surface area contributed by atoms with Crippen LogP contribution in [0.3, 0.4) is 0 Å². The van der Waals surface area contributed by atoms with Gasteiger partial charge in [-0.25, -0.2) is 4.79 Å². The topological polar surface area (TPSA) is 61.8 Å². The van der Waals surface area contributed by atoms with Crippen LogP contribution in [0.25, 0.3) is 0 Å². The quantitative estimate of drug-likeness (QED) is 0.788. The van der Waals surface area contributed by atoms with E-state index in [2.05, 4.69) is 5.32 Å². The molecule has 0 aromatic carbocycles. The zero-order chi connectivity index (χ0) is 12.8. The lowest BCUT2D eigenvalue weighted by atomic mass is 10.1. The van der Waals surface area contributed by atoms with Crippen molar-refractivity contribution in [1.82, 2.24) is 10.2 Å². The van der Waals surface area contributed by atoms with Gasteiger partial charge < -0.3 is 20.1 Å². The van der Waals surface area contributed by atoms with Crippen molar-refractivity contribution >= 4 is 6.03 Å². The minimum Gasteiger partial charge on any atom is -0.396 e. The van der Waals surface area contributed by atoms with E-state index in [0.717, 1.165) is 32.4 Å². The molecule has 2 N–H and O–H groups in total. The molecule has 2 aliphatic rings. The zero-order valence-electron chi connectivity index (χ0n) is 10.9. The summed E-state index contributed by atoms with van der Waals surface area (Å²) >= 11 is 0. The third kappa shape index (κ3) is 3.85. The van der Waals surface area contributed by atoms with Gasteiger partial charge in [0.15, 0.2) is 0 Å². The highest BCUT2D eigenvalue weighted by Gasteiger charge is 2.25. The largest absolute Gasteiger partial charge is 0.396 e. The highest BCUT2D eigenvalue weighted by molar-refractivity contribution is 5.74. The van der Waals surface area contributed by atoms with Crippen molar-refractivity contribution in [2.75, 3.05) is 32.8 Å². The number of hydrogen-bond acceptors (Lipinski definition) is 3. The van der Waals surface area contributed by atoms with Crippen LogP contribution in [0.5, 0.6) is 0 Å². The third-order valence-electron chi connectivity index (χ3n) is 3.85. The second-order valence-electron chi connectivity index (χ2n) is 5.29. The molecule has 2 rings (SSSR count). The van der Waals surface area contributed by atoms with Crippen molar-refractivity contribution in [3.63, 3.8) is 0 Å². The molecule has 5 nitrogen and oxygen atoms in total. The van der Waals surface area contributed by atoms with Crippen molar-refractivity contribution in [2.24, 2.45) is 5.92 Å². The number of likely N-dealkylation sites (tertiary alicyclic amines) is 1. The van der Waals surface area contributed by atoms with E-state index in [-0.39, 0.29) is 18.6 Å². The van der Waals surface area contributed by atoms with Crippen molar-refractivity contribution in [2.45, 2.75) is 38.2 Å². The summed E-state index contributed by atoms with van der Waals surface area (Å²) in [6, 6.07) is 0.00163. The minimum atomic E-state index is 0.00163. The van der Waals surface area contributed by atoms with Gasteiger partial charge in [0.05, 0.1) is 6.10 Å². The van der Waals surface area contributed by atoms with Gasteiger partial charge in [0.1, 0.15) is 0 Å². The summed E-state index contributed by atoms with van der Waals surface area (Å²) in [5.74, 6) is 0.262. The van der Waals surface area contributed by atoms with Gasteiger partial charge >= 0.3 is 6.03 Å². The lowest BCUT2D eigenvalue weighted by molar-refractivity contribution is 0.0118. The maximum Gasteiger partial charge on any atom is 0.317 e. The number of aliphatic hydroxyl groups excluding tert-OH is 1. The molecule has 2 saturated heterocycles. The number of carbonyl (C=O) groups excluding carboxylic acids is 1. The number of hydrogen-bond donors (Lipinski definition) is 2.